The van der Waals surface area contributed by atoms with E-state index in [-0.39, 0.29) is 17.9 Å². The molecule has 0 aliphatic carbocycles. The molecule has 4 nitrogen and oxygen atoms in total. The molecular formula is C9H14O4. The predicted molar refractivity (Wildman–Crippen MR) is 44.9 cm³/mol. The Morgan fingerprint density at radius 1 is 1.62 bits per heavy atom. The SMILES string of the molecule is CCOC(=O)C1CCOC(=O)CC1. The number of carbonyl (C=O) groups excluding carboxylic acids is 2. The fourth-order valence-corrected chi connectivity index (χ4v) is 1.32. The van der Waals surface area contributed by atoms with E-state index in [0.717, 1.165) is 0 Å². The van der Waals surface area contributed by atoms with Gasteiger partial charge in [-0.2, -0.15) is 0 Å². The van der Waals surface area contributed by atoms with Crippen LogP contribution in [0.25, 0.3) is 0 Å². The van der Waals surface area contributed by atoms with Crippen LogP contribution in [0, 0.1) is 5.92 Å². The third-order valence-corrected chi connectivity index (χ3v) is 2.05. The smallest absolute Gasteiger partial charge is 0.309 e. The first-order valence-corrected chi connectivity index (χ1v) is 4.56. The normalized spacial score (nSPS) is 23.2. The van der Waals surface area contributed by atoms with Gasteiger partial charge in [0.2, 0.25) is 0 Å². The van der Waals surface area contributed by atoms with E-state index < -0.39 is 0 Å². The van der Waals surface area contributed by atoms with Crippen molar-refractivity contribution >= 4 is 11.9 Å². The lowest BCUT2D eigenvalue weighted by Gasteiger charge is -2.10. The lowest BCUT2D eigenvalue weighted by atomic mass is 10.0. The Bertz CT molecular complexity index is 200. The minimum Gasteiger partial charge on any atom is -0.466 e. The quantitative estimate of drug-likeness (QED) is 0.601. The summed E-state index contributed by atoms with van der Waals surface area (Å²) in [5.41, 5.74) is 0. The zero-order valence-electron chi connectivity index (χ0n) is 7.75. The minimum atomic E-state index is -0.216. The molecule has 1 atom stereocenters. The van der Waals surface area contributed by atoms with Gasteiger partial charge in [0.05, 0.1) is 19.1 Å². The summed E-state index contributed by atoms with van der Waals surface area (Å²) in [5, 5.41) is 0. The van der Waals surface area contributed by atoms with Crippen LogP contribution >= 0.6 is 0 Å². The van der Waals surface area contributed by atoms with Crippen LogP contribution in [-0.2, 0) is 19.1 Å². The van der Waals surface area contributed by atoms with Crippen molar-refractivity contribution < 1.29 is 19.1 Å². The maximum absolute atomic E-state index is 11.3. The van der Waals surface area contributed by atoms with E-state index in [1.807, 2.05) is 0 Å². The Labute approximate surface area is 77.2 Å². The second-order valence-corrected chi connectivity index (χ2v) is 3.00. The predicted octanol–water partition coefficient (Wildman–Crippen LogP) is 0.893. The molecule has 1 heterocycles. The molecule has 0 bridgehead atoms. The lowest BCUT2D eigenvalue weighted by molar-refractivity contribution is -0.148. The first kappa shape index (κ1) is 10.0. The van der Waals surface area contributed by atoms with Crippen molar-refractivity contribution in [1.82, 2.24) is 0 Å². The fraction of sp³-hybridized carbons (Fsp3) is 0.778. The standard InChI is InChI=1S/C9H14O4/c1-2-12-9(11)7-3-4-8(10)13-6-5-7/h7H,2-6H2,1H3. The van der Waals surface area contributed by atoms with Crippen molar-refractivity contribution in [3.63, 3.8) is 0 Å². The van der Waals surface area contributed by atoms with E-state index in [2.05, 4.69) is 0 Å². The average Bonchev–Trinajstić information content (AvgIpc) is 2.30. The van der Waals surface area contributed by atoms with Crippen LogP contribution in [0.5, 0.6) is 0 Å². The number of hydrogen-bond acceptors (Lipinski definition) is 4. The monoisotopic (exact) mass is 186 g/mol. The van der Waals surface area contributed by atoms with Crippen LogP contribution in [0.3, 0.4) is 0 Å². The molecule has 1 aliphatic rings. The summed E-state index contributed by atoms with van der Waals surface area (Å²) < 4.78 is 9.68. The third-order valence-electron chi connectivity index (χ3n) is 2.05. The van der Waals surface area contributed by atoms with Gasteiger partial charge in [-0.3, -0.25) is 9.59 Å². The van der Waals surface area contributed by atoms with Gasteiger partial charge in [-0.1, -0.05) is 0 Å². The summed E-state index contributed by atoms with van der Waals surface area (Å²) in [6.07, 6.45) is 1.46. The summed E-state index contributed by atoms with van der Waals surface area (Å²) in [5.74, 6) is -0.584. The van der Waals surface area contributed by atoms with Crippen molar-refractivity contribution in [2.45, 2.75) is 26.2 Å². The lowest BCUT2D eigenvalue weighted by Crippen LogP contribution is -2.17. The van der Waals surface area contributed by atoms with Crippen LogP contribution in [-0.4, -0.2) is 25.2 Å². The van der Waals surface area contributed by atoms with Gasteiger partial charge < -0.3 is 9.47 Å². The van der Waals surface area contributed by atoms with Crippen molar-refractivity contribution in [2.75, 3.05) is 13.2 Å². The molecule has 1 fully saturated rings. The summed E-state index contributed by atoms with van der Waals surface area (Å²) in [6.45, 7) is 2.50. The highest BCUT2D eigenvalue weighted by molar-refractivity contribution is 5.75. The number of esters is 2. The van der Waals surface area contributed by atoms with Crippen molar-refractivity contribution in [3.8, 4) is 0 Å². The zero-order valence-corrected chi connectivity index (χ0v) is 7.75. The molecule has 1 aliphatic heterocycles. The molecular weight excluding hydrogens is 172 g/mol. The first-order valence-electron chi connectivity index (χ1n) is 4.56. The average molecular weight is 186 g/mol. The molecule has 0 radical (unpaired) electrons. The number of ether oxygens (including phenoxy) is 2. The molecule has 0 N–H and O–H groups in total. The summed E-state index contributed by atoms with van der Waals surface area (Å²) >= 11 is 0. The largest absolute Gasteiger partial charge is 0.466 e. The van der Waals surface area contributed by atoms with E-state index in [1.54, 1.807) is 6.92 Å². The summed E-state index contributed by atoms with van der Waals surface area (Å²) in [7, 11) is 0. The highest BCUT2D eigenvalue weighted by Crippen LogP contribution is 2.17. The van der Waals surface area contributed by atoms with E-state index >= 15 is 0 Å². The molecule has 0 amide bonds. The first-order chi connectivity index (χ1) is 6.24. The second kappa shape index (κ2) is 4.84. The van der Waals surface area contributed by atoms with E-state index in [4.69, 9.17) is 9.47 Å². The Kier molecular flexibility index (Phi) is 3.73. The molecule has 1 saturated heterocycles. The van der Waals surface area contributed by atoms with Gasteiger partial charge in [0.1, 0.15) is 0 Å². The van der Waals surface area contributed by atoms with Crippen molar-refractivity contribution in [3.05, 3.63) is 0 Å². The Balaban J connectivity index is 2.41. The highest BCUT2D eigenvalue weighted by atomic mass is 16.5. The zero-order chi connectivity index (χ0) is 9.68. The van der Waals surface area contributed by atoms with E-state index in [0.29, 0.717) is 32.5 Å². The number of cyclic esters (lactones) is 1. The van der Waals surface area contributed by atoms with Gasteiger partial charge in [-0.25, -0.2) is 0 Å². The summed E-state index contributed by atoms with van der Waals surface area (Å²) in [6, 6.07) is 0. The van der Waals surface area contributed by atoms with Crippen molar-refractivity contribution in [1.29, 1.82) is 0 Å². The topological polar surface area (TPSA) is 52.6 Å². The van der Waals surface area contributed by atoms with Gasteiger partial charge in [0.25, 0.3) is 0 Å². The van der Waals surface area contributed by atoms with Gasteiger partial charge in [-0.15, -0.1) is 0 Å². The molecule has 0 aromatic heterocycles. The maximum atomic E-state index is 11.3. The van der Waals surface area contributed by atoms with Gasteiger partial charge >= 0.3 is 11.9 Å². The number of carbonyl (C=O) groups is 2. The molecule has 0 aromatic carbocycles. The van der Waals surface area contributed by atoms with Crippen molar-refractivity contribution in [2.24, 2.45) is 5.92 Å². The molecule has 0 aromatic rings. The minimum absolute atomic E-state index is 0.161. The van der Waals surface area contributed by atoms with Gasteiger partial charge in [0.15, 0.2) is 0 Å². The van der Waals surface area contributed by atoms with E-state index in [1.165, 1.54) is 0 Å². The van der Waals surface area contributed by atoms with Crippen LogP contribution in [0.2, 0.25) is 0 Å². The van der Waals surface area contributed by atoms with Gasteiger partial charge in [-0.05, 0) is 19.8 Å². The van der Waals surface area contributed by atoms with E-state index in [9.17, 15) is 9.59 Å². The maximum Gasteiger partial charge on any atom is 0.309 e. The molecule has 13 heavy (non-hydrogen) atoms. The van der Waals surface area contributed by atoms with Crippen LogP contribution < -0.4 is 0 Å². The molecule has 4 heteroatoms. The van der Waals surface area contributed by atoms with Crippen LogP contribution in [0.4, 0.5) is 0 Å². The molecule has 1 rings (SSSR count). The number of hydrogen-bond donors (Lipinski definition) is 0. The van der Waals surface area contributed by atoms with Crippen LogP contribution in [0.1, 0.15) is 26.2 Å². The fourth-order valence-electron chi connectivity index (χ4n) is 1.32. The Morgan fingerprint density at radius 2 is 2.38 bits per heavy atom. The summed E-state index contributed by atoms with van der Waals surface area (Å²) in [4.78, 5) is 22.1. The Morgan fingerprint density at radius 3 is 3.08 bits per heavy atom. The van der Waals surface area contributed by atoms with Gasteiger partial charge in [0, 0.05) is 6.42 Å². The highest BCUT2D eigenvalue weighted by Gasteiger charge is 2.24. The number of rotatable bonds is 2. The molecule has 1 unspecified atom stereocenters. The van der Waals surface area contributed by atoms with Crippen LogP contribution in [0.15, 0.2) is 0 Å². The Hall–Kier alpha value is -1.06. The molecule has 74 valence electrons. The third kappa shape index (κ3) is 3.05. The molecule has 0 spiro atoms. The second-order valence-electron chi connectivity index (χ2n) is 3.00. The molecule has 0 saturated carbocycles.